The zero-order chi connectivity index (χ0) is 13.0. The van der Waals surface area contributed by atoms with Crippen LogP contribution in [0.25, 0.3) is 5.69 Å². The van der Waals surface area contributed by atoms with Crippen molar-refractivity contribution in [3.63, 3.8) is 0 Å². The SMILES string of the molecule is NC(=S)CNC(=O)c1cnn(-c2ccccc2)c1. The molecule has 0 saturated carbocycles. The van der Waals surface area contributed by atoms with E-state index in [0.717, 1.165) is 5.69 Å². The predicted molar refractivity (Wildman–Crippen MR) is 72.7 cm³/mol. The molecule has 3 N–H and O–H groups in total. The average Bonchev–Trinajstić information content (AvgIpc) is 2.86. The summed E-state index contributed by atoms with van der Waals surface area (Å²) in [6.45, 7) is 0.185. The van der Waals surface area contributed by atoms with Crippen LogP contribution in [0.2, 0.25) is 0 Å². The molecule has 1 aromatic carbocycles. The topological polar surface area (TPSA) is 72.9 Å². The first-order chi connectivity index (χ1) is 8.66. The molecule has 1 amide bonds. The Labute approximate surface area is 110 Å². The van der Waals surface area contributed by atoms with E-state index in [1.165, 1.54) is 6.20 Å². The van der Waals surface area contributed by atoms with Gasteiger partial charge in [-0.15, -0.1) is 0 Å². The first-order valence-electron chi connectivity index (χ1n) is 5.33. The van der Waals surface area contributed by atoms with Crippen molar-refractivity contribution in [2.24, 2.45) is 5.73 Å². The quantitative estimate of drug-likeness (QED) is 0.801. The average molecular weight is 260 g/mol. The van der Waals surface area contributed by atoms with E-state index in [9.17, 15) is 4.79 Å². The van der Waals surface area contributed by atoms with Crippen molar-refractivity contribution in [3.8, 4) is 5.69 Å². The Morgan fingerprint density at radius 1 is 1.39 bits per heavy atom. The third kappa shape index (κ3) is 2.92. The maximum absolute atomic E-state index is 11.7. The van der Waals surface area contributed by atoms with E-state index >= 15 is 0 Å². The Hall–Kier alpha value is -2.21. The molecule has 1 heterocycles. The summed E-state index contributed by atoms with van der Waals surface area (Å²) < 4.78 is 1.63. The molecule has 0 aliphatic carbocycles. The Morgan fingerprint density at radius 2 is 2.11 bits per heavy atom. The second kappa shape index (κ2) is 5.42. The highest BCUT2D eigenvalue weighted by Gasteiger charge is 2.08. The molecule has 0 atom stereocenters. The van der Waals surface area contributed by atoms with Crippen molar-refractivity contribution in [2.45, 2.75) is 0 Å². The van der Waals surface area contributed by atoms with Crippen molar-refractivity contribution in [3.05, 3.63) is 48.3 Å². The molecule has 2 rings (SSSR count). The minimum atomic E-state index is -0.245. The van der Waals surface area contributed by atoms with Gasteiger partial charge in [-0.25, -0.2) is 4.68 Å². The van der Waals surface area contributed by atoms with Crippen LogP contribution in [0.1, 0.15) is 10.4 Å². The maximum atomic E-state index is 11.7. The number of nitrogens with two attached hydrogens (primary N) is 1. The monoisotopic (exact) mass is 260 g/mol. The molecule has 0 radical (unpaired) electrons. The molecule has 6 heteroatoms. The highest BCUT2D eigenvalue weighted by atomic mass is 32.1. The lowest BCUT2D eigenvalue weighted by atomic mass is 10.3. The maximum Gasteiger partial charge on any atom is 0.254 e. The number of aromatic nitrogens is 2. The molecule has 0 fully saturated rings. The van der Waals surface area contributed by atoms with E-state index in [2.05, 4.69) is 22.6 Å². The molecule has 0 spiro atoms. The Kier molecular flexibility index (Phi) is 3.69. The summed E-state index contributed by atoms with van der Waals surface area (Å²) in [6.07, 6.45) is 3.16. The number of rotatable bonds is 4. The fourth-order valence-electron chi connectivity index (χ4n) is 1.43. The van der Waals surface area contributed by atoms with Crippen LogP contribution in [0.15, 0.2) is 42.7 Å². The van der Waals surface area contributed by atoms with Gasteiger partial charge in [-0.3, -0.25) is 4.79 Å². The van der Waals surface area contributed by atoms with Crippen LogP contribution >= 0.6 is 12.2 Å². The minimum absolute atomic E-state index is 0.185. The summed E-state index contributed by atoms with van der Waals surface area (Å²) in [5.74, 6) is -0.245. The molecule has 92 valence electrons. The molecule has 0 unspecified atom stereocenters. The second-order valence-corrected chi connectivity index (χ2v) is 4.18. The van der Waals surface area contributed by atoms with Gasteiger partial charge in [-0.2, -0.15) is 5.10 Å². The van der Waals surface area contributed by atoms with Gasteiger partial charge >= 0.3 is 0 Å². The highest BCUT2D eigenvalue weighted by Crippen LogP contribution is 2.07. The smallest absolute Gasteiger partial charge is 0.254 e. The van der Waals surface area contributed by atoms with Crippen LogP contribution in [0.3, 0.4) is 0 Å². The van der Waals surface area contributed by atoms with Gasteiger partial charge in [0.1, 0.15) is 0 Å². The third-order valence-electron chi connectivity index (χ3n) is 2.29. The summed E-state index contributed by atoms with van der Waals surface area (Å²) in [7, 11) is 0. The first kappa shape index (κ1) is 12.3. The molecule has 0 aliphatic rings. The number of hydrogen-bond donors (Lipinski definition) is 2. The number of benzene rings is 1. The largest absolute Gasteiger partial charge is 0.392 e. The number of thiocarbonyl (C=S) groups is 1. The lowest BCUT2D eigenvalue weighted by Gasteiger charge is -2.01. The number of amides is 1. The van der Waals surface area contributed by atoms with Crippen molar-refractivity contribution in [1.29, 1.82) is 0 Å². The van der Waals surface area contributed by atoms with E-state index in [1.54, 1.807) is 10.9 Å². The minimum Gasteiger partial charge on any atom is -0.392 e. The number of nitrogens with zero attached hydrogens (tertiary/aromatic N) is 2. The third-order valence-corrected chi connectivity index (χ3v) is 2.43. The molecule has 0 saturated heterocycles. The number of nitrogens with one attached hydrogen (secondary N) is 1. The van der Waals surface area contributed by atoms with E-state index in [0.29, 0.717) is 5.56 Å². The molecule has 0 bridgehead atoms. The zero-order valence-corrected chi connectivity index (χ0v) is 10.4. The molecular formula is C12H12N4OS. The van der Waals surface area contributed by atoms with Crippen molar-refractivity contribution >= 4 is 23.1 Å². The summed E-state index contributed by atoms with van der Waals surface area (Å²) in [6, 6.07) is 9.55. The van der Waals surface area contributed by atoms with Crippen LogP contribution in [-0.2, 0) is 0 Å². The van der Waals surface area contributed by atoms with Gasteiger partial charge < -0.3 is 11.1 Å². The molecule has 0 aliphatic heterocycles. The van der Waals surface area contributed by atoms with E-state index in [1.807, 2.05) is 30.3 Å². The van der Waals surface area contributed by atoms with Crippen LogP contribution in [-0.4, -0.2) is 27.2 Å². The van der Waals surface area contributed by atoms with Gasteiger partial charge in [0.05, 0.1) is 29.0 Å². The van der Waals surface area contributed by atoms with E-state index in [4.69, 9.17) is 5.73 Å². The fourth-order valence-corrected chi connectivity index (χ4v) is 1.50. The lowest BCUT2D eigenvalue weighted by Crippen LogP contribution is -2.32. The standard InChI is InChI=1S/C12H12N4OS/c13-11(18)7-14-12(17)9-6-15-16(8-9)10-4-2-1-3-5-10/h1-6,8H,7H2,(H2,13,18)(H,14,17). The van der Waals surface area contributed by atoms with Gasteiger partial charge in [0, 0.05) is 6.20 Å². The van der Waals surface area contributed by atoms with Gasteiger partial charge in [-0.05, 0) is 12.1 Å². The first-order valence-corrected chi connectivity index (χ1v) is 5.74. The van der Waals surface area contributed by atoms with Crippen molar-refractivity contribution in [1.82, 2.24) is 15.1 Å². The fraction of sp³-hybridized carbons (Fsp3) is 0.0833. The number of hydrogen-bond acceptors (Lipinski definition) is 3. The number of carbonyl (C=O) groups excluding carboxylic acids is 1. The Bertz CT molecular complexity index is 564. The van der Waals surface area contributed by atoms with Crippen LogP contribution in [0, 0.1) is 0 Å². The molecule has 2 aromatic rings. The molecule has 5 nitrogen and oxygen atoms in total. The van der Waals surface area contributed by atoms with E-state index < -0.39 is 0 Å². The highest BCUT2D eigenvalue weighted by molar-refractivity contribution is 7.80. The molecule has 18 heavy (non-hydrogen) atoms. The number of para-hydroxylation sites is 1. The summed E-state index contributed by atoms with van der Waals surface area (Å²) in [4.78, 5) is 12.0. The van der Waals surface area contributed by atoms with Crippen molar-refractivity contribution < 1.29 is 4.79 Å². The van der Waals surface area contributed by atoms with Gasteiger partial charge in [0.2, 0.25) is 0 Å². The van der Waals surface area contributed by atoms with Gasteiger partial charge in [0.15, 0.2) is 0 Å². The van der Waals surface area contributed by atoms with E-state index in [-0.39, 0.29) is 17.4 Å². The van der Waals surface area contributed by atoms with Gasteiger partial charge in [-0.1, -0.05) is 30.4 Å². The molecular weight excluding hydrogens is 248 g/mol. The predicted octanol–water partition coefficient (Wildman–Crippen LogP) is 0.888. The Morgan fingerprint density at radius 3 is 2.78 bits per heavy atom. The summed E-state index contributed by atoms with van der Waals surface area (Å²) in [5, 5.41) is 6.73. The van der Waals surface area contributed by atoms with Gasteiger partial charge in [0.25, 0.3) is 5.91 Å². The zero-order valence-electron chi connectivity index (χ0n) is 9.54. The lowest BCUT2D eigenvalue weighted by molar-refractivity contribution is 0.0959. The van der Waals surface area contributed by atoms with Crippen LogP contribution in [0.4, 0.5) is 0 Å². The normalized spacial score (nSPS) is 10.0. The Balaban J connectivity index is 2.11. The number of carbonyl (C=O) groups is 1. The summed E-state index contributed by atoms with van der Waals surface area (Å²) in [5.41, 5.74) is 6.67. The van der Waals surface area contributed by atoms with Crippen molar-refractivity contribution in [2.75, 3.05) is 6.54 Å². The van der Waals surface area contributed by atoms with Crippen LogP contribution in [0.5, 0.6) is 0 Å². The van der Waals surface area contributed by atoms with Crippen LogP contribution < -0.4 is 11.1 Å². The molecule has 1 aromatic heterocycles. The summed E-state index contributed by atoms with van der Waals surface area (Å²) >= 11 is 4.69. The second-order valence-electron chi connectivity index (χ2n) is 3.66.